The van der Waals surface area contributed by atoms with Gasteiger partial charge in [0.1, 0.15) is 0 Å². The van der Waals surface area contributed by atoms with Crippen LogP contribution in [0.3, 0.4) is 0 Å². The summed E-state index contributed by atoms with van der Waals surface area (Å²) >= 11 is 5.70. The second kappa shape index (κ2) is 12.3. The number of hydrogen-bond donors (Lipinski definition) is 2. The van der Waals surface area contributed by atoms with Gasteiger partial charge in [0.15, 0.2) is 5.11 Å². The molecule has 3 aromatic rings. The highest BCUT2D eigenvalue weighted by molar-refractivity contribution is 7.80. The number of hydrogen-bond acceptors (Lipinski definition) is 4. The van der Waals surface area contributed by atoms with Crippen molar-refractivity contribution in [2.75, 3.05) is 25.0 Å². The molecule has 0 unspecified atom stereocenters. The number of allylic oxidation sites excluding steroid dienone is 1. The number of nitrogens with zero attached hydrogens (tertiary/aromatic N) is 4. The van der Waals surface area contributed by atoms with Gasteiger partial charge in [0, 0.05) is 55.0 Å². The minimum atomic E-state index is -0.125. The second-order valence-corrected chi connectivity index (χ2v) is 10.6. The van der Waals surface area contributed by atoms with E-state index in [1.807, 2.05) is 54.1 Å². The number of amides is 1. The summed E-state index contributed by atoms with van der Waals surface area (Å²) in [4.78, 5) is 24.5. The minimum absolute atomic E-state index is 0.125. The first-order valence-corrected chi connectivity index (χ1v) is 14.1. The van der Waals surface area contributed by atoms with Gasteiger partial charge in [-0.1, -0.05) is 11.6 Å². The molecular weight excluding hydrogens is 492 g/mol. The molecule has 38 heavy (non-hydrogen) atoms. The molecule has 198 valence electrons. The minimum Gasteiger partial charge on any atom is -0.362 e. The third-order valence-electron chi connectivity index (χ3n) is 7.51. The number of carbonyl (C=O) groups excluding carboxylic acids is 1. The fraction of sp³-hybridized carbons (Fsp3) is 0.400. The van der Waals surface area contributed by atoms with Crippen LogP contribution in [0.15, 0.2) is 66.8 Å². The van der Waals surface area contributed by atoms with E-state index >= 15 is 0 Å². The second-order valence-electron chi connectivity index (χ2n) is 10.2. The van der Waals surface area contributed by atoms with E-state index in [-0.39, 0.29) is 11.8 Å². The standard InChI is InChI=1S/C30H36N6OS/c1-22-7-12-27(29(37)34-25-8-10-26(11-9-25)36-20-17-31-21-36)28(33-22)24-14-18-35(19-15-24)30(38)32-16-13-23-5-3-2-4-6-23/h5,7-12,17,20-21,24H,2-4,6,13-16,18-19H2,1H3,(H,32,38)(H,34,37). The maximum Gasteiger partial charge on any atom is 0.257 e. The zero-order chi connectivity index (χ0) is 26.3. The number of carbonyl (C=O) groups is 1. The van der Waals surface area contributed by atoms with Crippen LogP contribution in [0.1, 0.15) is 72.6 Å². The topological polar surface area (TPSA) is 75.1 Å². The molecule has 2 N–H and O–H groups in total. The number of imidazole rings is 1. The first kappa shape index (κ1) is 26.1. The SMILES string of the molecule is Cc1ccc(C(=O)Nc2ccc(-n3ccnc3)cc2)c(C2CCN(C(=S)NCCC3=CCCCC3)CC2)n1. The Kier molecular flexibility index (Phi) is 8.48. The average molecular weight is 529 g/mol. The van der Waals surface area contributed by atoms with Gasteiger partial charge in [-0.05, 0) is 100 Å². The quantitative estimate of drug-likeness (QED) is 0.299. The van der Waals surface area contributed by atoms with E-state index in [1.165, 1.54) is 25.7 Å². The lowest BCUT2D eigenvalue weighted by Gasteiger charge is -2.34. The highest BCUT2D eigenvalue weighted by atomic mass is 32.1. The van der Waals surface area contributed by atoms with Crippen LogP contribution < -0.4 is 10.6 Å². The van der Waals surface area contributed by atoms with Gasteiger partial charge in [0.2, 0.25) is 0 Å². The molecule has 2 aliphatic rings. The highest BCUT2D eigenvalue weighted by Gasteiger charge is 2.27. The number of anilines is 1. The van der Waals surface area contributed by atoms with Gasteiger partial charge in [0.25, 0.3) is 5.91 Å². The zero-order valence-corrected chi connectivity index (χ0v) is 22.8. The lowest BCUT2D eigenvalue weighted by Crippen LogP contribution is -2.44. The number of nitrogens with one attached hydrogen (secondary N) is 2. The Balaban J connectivity index is 1.17. The van der Waals surface area contributed by atoms with Crippen LogP contribution in [-0.2, 0) is 0 Å². The fourth-order valence-electron chi connectivity index (χ4n) is 5.34. The van der Waals surface area contributed by atoms with Crippen molar-refractivity contribution in [2.24, 2.45) is 0 Å². The van der Waals surface area contributed by atoms with E-state index in [0.29, 0.717) is 5.56 Å². The van der Waals surface area contributed by atoms with Crippen LogP contribution in [0.2, 0.25) is 0 Å². The molecule has 1 aliphatic carbocycles. The van der Waals surface area contributed by atoms with E-state index < -0.39 is 0 Å². The molecule has 0 saturated carbocycles. The number of thiocarbonyl (C=S) groups is 1. The van der Waals surface area contributed by atoms with Crippen molar-refractivity contribution < 1.29 is 4.79 Å². The van der Waals surface area contributed by atoms with Crippen LogP contribution >= 0.6 is 12.2 Å². The molecule has 0 atom stereocenters. The molecule has 2 aromatic heterocycles. The number of pyridine rings is 1. The summed E-state index contributed by atoms with van der Waals surface area (Å²) in [5.74, 6) is 0.102. The molecule has 1 aromatic carbocycles. The fourth-order valence-corrected chi connectivity index (χ4v) is 5.62. The van der Waals surface area contributed by atoms with Gasteiger partial charge in [-0.25, -0.2) is 4.98 Å². The largest absolute Gasteiger partial charge is 0.362 e. The Morgan fingerprint density at radius 1 is 1.11 bits per heavy atom. The molecule has 1 fully saturated rings. The third-order valence-corrected chi connectivity index (χ3v) is 7.92. The molecule has 7 nitrogen and oxygen atoms in total. The van der Waals surface area contributed by atoms with E-state index in [2.05, 4.69) is 26.6 Å². The van der Waals surface area contributed by atoms with Crippen LogP contribution in [0, 0.1) is 6.92 Å². The van der Waals surface area contributed by atoms with Crippen molar-refractivity contribution >= 4 is 28.9 Å². The van der Waals surface area contributed by atoms with Crippen molar-refractivity contribution in [1.82, 2.24) is 24.8 Å². The summed E-state index contributed by atoms with van der Waals surface area (Å²) in [6.07, 6.45) is 15.8. The first-order chi connectivity index (χ1) is 18.6. The molecule has 1 amide bonds. The van der Waals surface area contributed by atoms with E-state index in [0.717, 1.165) is 66.8 Å². The molecule has 1 aliphatic heterocycles. The molecule has 8 heteroatoms. The summed E-state index contributed by atoms with van der Waals surface area (Å²) in [7, 11) is 0. The monoisotopic (exact) mass is 528 g/mol. The van der Waals surface area contributed by atoms with E-state index in [1.54, 1.807) is 18.1 Å². The number of aromatic nitrogens is 3. The number of benzene rings is 1. The number of rotatable bonds is 7. The Morgan fingerprint density at radius 2 is 1.92 bits per heavy atom. The summed E-state index contributed by atoms with van der Waals surface area (Å²) in [5, 5.41) is 7.36. The average Bonchev–Trinajstić information content (AvgIpc) is 3.49. The van der Waals surface area contributed by atoms with Gasteiger partial charge in [-0.15, -0.1) is 0 Å². The van der Waals surface area contributed by atoms with Crippen molar-refractivity contribution in [3.05, 3.63) is 83.7 Å². The van der Waals surface area contributed by atoms with Gasteiger partial charge in [0.05, 0.1) is 17.6 Å². The van der Waals surface area contributed by atoms with E-state index in [4.69, 9.17) is 17.2 Å². The summed E-state index contributed by atoms with van der Waals surface area (Å²) in [5.41, 5.74) is 5.77. The molecule has 1 saturated heterocycles. The predicted octanol–water partition coefficient (Wildman–Crippen LogP) is 5.77. The number of piperidine rings is 1. The summed E-state index contributed by atoms with van der Waals surface area (Å²) in [6.45, 7) is 4.62. The van der Waals surface area contributed by atoms with Crippen LogP contribution in [-0.4, -0.2) is 50.1 Å². The van der Waals surface area contributed by atoms with Crippen molar-refractivity contribution in [3.63, 3.8) is 0 Å². The van der Waals surface area contributed by atoms with E-state index in [9.17, 15) is 4.79 Å². The van der Waals surface area contributed by atoms with Crippen LogP contribution in [0.25, 0.3) is 5.69 Å². The normalized spacial score (nSPS) is 16.1. The maximum atomic E-state index is 13.3. The van der Waals surface area contributed by atoms with Gasteiger partial charge < -0.3 is 20.1 Å². The van der Waals surface area contributed by atoms with Crippen molar-refractivity contribution in [2.45, 2.75) is 57.8 Å². The molecule has 3 heterocycles. The number of aryl methyl sites for hydroxylation is 1. The first-order valence-electron chi connectivity index (χ1n) is 13.6. The molecule has 0 spiro atoms. The van der Waals surface area contributed by atoms with Gasteiger partial charge in [-0.3, -0.25) is 9.78 Å². The van der Waals surface area contributed by atoms with Crippen LogP contribution in [0.5, 0.6) is 0 Å². The van der Waals surface area contributed by atoms with Gasteiger partial charge >= 0.3 is 0 Å². The molecule has 5 rings (SSSR count). The molecule has 0 radical (unpaired) electrons. The smallest absolute Gasteiger partial charge is 0.257 e. The Labute approximate surface area is 230 Å². The Morgan fingerprint density at radius 3 is 2.63 bits per heavy atom. The Hall–Kier alpha value is -3.52. The Bertz CT molecular complexity index is 1280. The third kappa shape index (κ3) is 6.48. The van der Waals surface area contributed by atoms with Gasteiger partial charge in [-0.2, -0.15) is 0 Å². The van der Waals surface area contributed by atoms with Crippen LogP contribution in [0.4, 0.5) is 5.69 Å². The van der Waals surface area contributed by atoms with Crippen molar-refractivity contribution in [3.8, 4) is 5.69 Å². The zero-order valence-electron chi connectivity index (χ0n) is 22.0. The molecular formula is C30H36N6OS. The lowest BCUT2D eigenvalue weighted by atomic mass is 9.90. The summed E-state index contributed by atoms with van der Waals surface area (Å²) in [6, 6.07) is 11.6. The lowest BCUT2D eigenvalue weighted by molar-refractivity contribution is 0.102. The highest BCUT2D eigenvalue weighted by Crippen LogP contribution is 2.30. The molecule has 0 bridgehead atoms. The maximum absolute atomic E-state index is 13.3. The van der Waals surface area contributed by atoms with Crippen molar-refractivity contribution in [1.29, 1.82) is 0 Å². The number of likely N-dealkylation sites (tertiary alicyclic amines) is 1. The predicted molar refractivity (Wildman–Crippen MR) is 156 cm³/mol. The summed E-state index contributed by atoms with van der Waals surface area (Å²) < 4.78 is 1.93.